The second-order valence-electron chi connectivity index (χ2n) is 13.4. The maximum Gasteiger partial charge on any atom is 0.226 e. The fourth-order valence-corrected chi connectivity index (χ4v) is 8.30. The average Bonchev–Trinajstić information content (AvgIpc) is 3.89. The Morgan fingerprint density at radius 2 is 0.966 bits per heavy atom. The largest absolute Gasteiger partial charge is 0.493 e. The fourth-order valence-electron chi connectivity index (χ4n) is 6.53. The van der Waals surface area contributed by atoms with Crippen molar-refractivity contribution in [2.24, 2.45) is 0 Å². The van der Waals surface area contributed by atoms with Crippen LogP contribution in [0.5, 0.6) is 23.3 Å². The summed E-state index contributed by atoms with van der Waals surface area (Å²) in [5.41, 5.74) is 5.85. The molecule has 2 N–H and O–H groups in total. The van der Waals surface area contributed by atoms with Crippen molar-refractivity contribution in [3.63, 3.8) is 0 Å². The van der Waals surface area contributed by atoms with E-state index in [0.29, 0.717) is 11.8 Å². The molecule has 288 valence electrons. The molecule has 0 saturated heterocycles. The number of hydrogen-bond acceptors (Lipinski definition) is 12. The molecule has 0 fully saturated rings. The number of allylic oxidation sites excluding steroid dienone is 2. The van der Waals surface area contributed by atoms with Gasteiger partial charge in [0.15, 0.2) is 10.3 Å². The average molecular weight is 803 g/mol. The predicted octanol–water partition coefficient (Wildman–Crippen LogP) is 13.2. The molecule has 0 aliphatic carbocycles. The number of hydrogen-bond donors (Lipinski definition) is 2. The number of benzene rings is 4. The lowest BCUT2D eigenvalue weighted by Gasteiger charge is -2.21. The van der Waals surface area contributed by atoms with Gasteiger partial charge in [-0.05, 0) is 135 Å². The number of thiazole rings is 2. The van der Waals surface area contributed by atoms with Gasteiger partial charge in [0.1, 0.15) is 23.7 Å². The highest BCUT2D eigenvalue weighted by Gasteiger charge is 2.21. The van der Waals surface area contributed by atoms with Crippen LogP contribution in [-0.2, 0) is 9.47 Å². The van der Waals surface area contributed by atoms with Gasteiger partial charge < -0.3 is 29.6 Å². The zero-order chi connectivity index (χ0) is 38.9. The number of anilines is 4. The molecule has 2 atom stereocenters. The number of pyridine rings is 2. The van der Waals surface area contributed by atoms with Crippen LogP contribution >= 0.6 is 22.7 Å². The quantitative estimate of drug-likeness (QED) is 0.139. The minimum Gasteiger partial charge on any atom is -0.493 e. The lowest BCUT2D eigenvalue weighted by molar-refractivity contribution is 0.122. The molecule has 6 heterocycles. The van der Waals surface area contributed by atoms with E-state index in [1.54, 1.807) is 47.6 Å². The summed E-state index contributed by atoms with van der Waals surface area (Å²) >= 11 is 3.27. The summed E-state index contributed by atoms with van der Waals surface area (Å²) in [6.07, 6.45) is 14.8. The van der Waals surface area contributed by atoms with Crippen LogP contribution < -0.4 is 20.1 Å². The summed E-state index contributed by atoms with van der Waals surface area (Å²) in [5, 5.41) is 8.45. The summed E-state index contributed by atoms with van der Waals surface area (Å²) in [7, 11) is 0. The molecule has 8 aromatic rings. The fraction of sp³-hybridized carbons (Fsp3) is 0.130. The molecule has 2 unspecified atom stereocenters. The van der Waals surface area contributed by atoms with Crippen LogP contribution in [0, 0.1) is 0 Å². The normalized spacial score (nSPS) is 15.8. The third-order valence-electron chi connectivity index (χ3n) is 9.39. The second-order valence-corrected chi connectivity index (χ2v) is 15.5. The minimum absolute atomic E-state index is 0.0244. The zero-order valence-corrected chi connectivity index (χ0v) is 32.9. The Hall–Kier alpha value is -6.76. The molecule has 10 nitrogen and oxygen atoms in total. The molecule has 4 aromatic heterocycles. The first-order valence-electron chi connectivity index (χ1n) is 19.0. The zero-order valence-electron chi connectivity index (χ0n) is 31.2. The van der Waals surface area contributed by atoms with Gasteiger partial charge in [-0.15, -0.1) is 0 Å². The van der Waals surface area contributed by atoms with E-state index in [2.05, 4.69) is 42.7 Å². The van der Waals surface area contributed by atoms with Crippen molar-refractivity contribution in [1.82, 2.24) is 19.9 Å². The first kappa shape index (κ1) is 36.9. The monoisotopic (exact) mass is 802 g/mol. The van der Waals surface area contributed by atoms with Gasteiger partial charge in [0.25, 0.3) is 0 Å². The Balaban J connectivity index is 0.000000150. The highest BCUT2D eigenvalue weighted by Crippen LogP contribution is 2.37. The van der Waals surface area contributed by atoms with E-state index >= 15 is 0 Å². The maximum absolute atomic E-state index is 6.06. The van der Waals surface area contributed by atoms with Crippen molar-refractivity contribution in [3.05, 3.63) is 170 Å². The summed E-state index contributed by atoms with van der Waals surface area (Å²) in [6.45, 7) is 0. The van der Waals surface area contributed by atoms with E-state index in [-0.39, 0.29) is 12.2 Å². The van der Waals surface area contributed by atoms with Gasteiger partial charge in [0, 0.05) is 23.8 Å². The second kappa shape index (κ2) is 17.6. The van der Waals surface area contributed by atoms with E-state index in [1.165, 1.54) is 0 Å². The van der Waals surface area contributed by atoms with Gasteiger partial charge in [-0.1, -0.05) is 46.9 Å². The lowest BCUT2D eigenvalue weighted by Crippen LogP contribution is -2.06. The molecule has 2 aliphatic heterocycles. The van der Waals surface area contributed by atoms with Gasteiger partial charge in [0.05, 0.1) is 44.1 Å². The summed E-state index contributed by atoms with van der Waals surface area (Å²) in [6, 6.07) is 39.7. The molecular formula is C46H38N6O4S2. The number of ether oxygens (including phenoxy) is 4. The van der Waals surface area contributed by atoms with Crippen LogP contribution in [0.15, 0.2) is 158 Å². The summed E-state index contributed by atoms with van der Waals surface area (Å²) < 4.78 is 25.9. The van der Waals surface area contributed by atoms with Gasteiger partial charge in [-0.2, -0.15) is 0 Å². The van der Waals surface area contributed by atoms with Gasteiger partial charge in [-0.25, -0.2) is 19.9 Å². The van der Waals surface area contributed by atoms with Crippen molar-refractivity contribution in [2.45, 2.75) is 37.9 Å². The molecule has 0 saturated carbocycles. The molecule has 58 heavy (non-hydrogen) atoms. The molecule has 2 aliphatic rings. The predicted molar refractivity (Wildman–Crippen MR) is 232 cm³/mol. The maximum atomic E-state index is 6.06. The van der Waals surface area contributed by atoms with Crippen molar-refractivity contribution in [3.8, 4) is 23.3 Å². The smallest absolute Gasteiger partial charge is 0.226 e. The van der Waals surface area contributed by atoms with Crippen molar-refractivity contribution in [2.75, 3.05) is 10.6 Å². The Bertz CT molecular complexity index is 2430. The molecule has 0 spiro atoms. The molecule has 4 aromatic carbocycles. The molecular weight excluding hydrogens is 765 g/mol. The Labute approximate surface area is 343 Å². The number of nitrogens with zero attached hydrogens (tertiary/aromatic N) is 4. The number of fused-ring (bicyclic) bond motifs is 2. The number of para-hydroxylation sites is 2. The number of nitrogens with one attached hydrogen (secondary N) is 2. The van der Waals surface area contributed by atoms with Crippen LogP contribution in [-0.4, -0.2) is 19.9 Å². The molecule has 0 amide bonds. The summed E-state index contributed by atoms with van der Waals surface area (Å²) in [4.78, 5) is 18.0. The minimum atomic E-state index is -0.0244. The molecule has 0 bridgehead atoms. The van der Waals surface area contributed by atoms with Crippen molar-refractivity contribution < 1.29 is 18.9 Å². The van der Waals surface area contributed by atoms with E-state index in [0.717, 1.165) is 90.4 Å². The first-order valence-corrected chi connectivity index (χ1v) is 20.7. The lowest BCUT2D eigenvalue weighted by atomic mass is 10.0. The first-order chi connectivity index (χ1) is 28.7. The number of aromatic nitrogens is 4. The van der Waals surface area contributed by atoms with Crippen molar-refractivity contribution in [1.29, 1.82) is 0 Å². The molecule has 0 radical (unpaired) electrons. The Morgan fingerprint density at radius 1 is 0.517 bits per heavy atom. The van der Waals surface area contributed by atoms with Crippen LogP contribution in [0.3, 0.4) is 0 Å². The van der Waals surface area contributed by atoms with Gasteiger partial charge in [0.2, 0.25) is 11.8 Å². The topological polar surface area (TPSA) is 113 Å². The van der Waals surface area contributed by atoms with Crippen LogP contribution in [0.1, 0.15) is 49.0 Å². The van der Waals surface area contributed by atoms with Gasteiger partial charge >= 0.3 is 0 Å². The third-order valence-corrected chi connectivity index (χ3v) is 11.3. The Kier molecular flexibility index (Phi) is 11.2. The summed E-state index contributed by atoms with van der Waals surface area (Å²) in [5.74, 6) is 2.62. The standard InChI is InChI=1S/2C23H19N3O2S/c2*1-2-9-21-19(7-1)26-23(29-21)25-16-10-12-17(13-11-16)28-22-18(6-5-14-24-22)20-8-3-4-15-27-20/h2*1-2,4-7,9-15,20H,3,8H2,(H,25,26). The van der Waals surface area contributed by atoms with Crippen LogP contribution in [0.25, 0.3) is 20.4 Å². The molecule has 12 heteroatoms. The highest BCUT2D eigenvalue weighted by atomic mass is 32.1. The van der Waals surface area contributed by atoms with E-state index in [9.17, 15) is 0 Å². The third kappa shape index (κ3) is 8.94. The Morgan fingerprint density at radius 3 is 1.38 bits per heavy atom. The van der Waals surface area contributed by atoms with Crippen LogP contribution in [0.2, 0.25) is 0 Å². The molecule has 10 rings (SSSR count). The SMILES string of the molecule is C1=COC(c2cccnc2Oc2ccc(Nc3nc4ccccc4s3)cc2)CC1.C1=COC(c2cccnc2Oc2ccc(Nc3nc4ccccc4s3)cc2)CC1. The number of rotatable bonds is 10. The highest BCUT2D eigenvalue weighted by molar-refractivity contribution is 7.22. The van der Waals surface area contributed by atoms with E-state index < -0.39 is 0 Å². The van der Waals surface area contributed by atoms with Crippen LogP contribution in [0.4, 0.5) is 21.6 Å². The van der Waals surface area contributed by atoms with Crippen molar-refractivity contribution >= 4 is 64.7 Å². The van der Waals surface area contributed by atoms with Gasteiger partial charge in [-0.3, -0.25) is 0 Å². The van der Waals surface area contributed by atoms with E-state index in [1.807, 2.05) is 121 Å². The van der Waals surface area contributed by atoms with E-state index in [4.69, 9.17) is 18.9 Å².